The van der Waals surface area contributed by atoms with Crippen LogP contribution in [0.3, 0.4) is 0 Å². The number of carbonyl (C=O) groups excluding carboxylic acids is 2. The molecule has 7 heteroatoms. The van der Waals surface area contributed by atoms with Gasteiger partial charge in [0.25, 0.3) is 5.91 Å². The second-order valence-corrected chi connectivity index (χ2v) is 6.06. The first-order valence-corrected chi connectivity index (χ1v) is 8.15. The van der Waals surface area contributed by atoms with Crippen LogP contribution < -0.4 is 11.1 Å². The third-order valence-corrected chi connectivity index (χ3v) is 3.96. The van der Waals surface area contributed by atoms with Crippen molar-refractivity contribution in [2.45, 2.75) is 13.0 Å². The second-order valence-electron chi connectivity index (χ2n) is 6.06. The summed E-state index contributed by atoms with van der Waals surface area (Å²) in [4.78, 5) is 37.4. The molecule has 3 aromatic rings. The summed E-state index contributed by atoms with van der Waals surface area (Å²) in [5.41, 5.74) is 2.30. The molecule has 0 unspecified atom stereocenters. The van der Waals surface area contributed by atoms with Gasteiger partial charge in [-0.15, -0.1) is 0 Å². The Morgan fingerprint density at radius 3 is 2.46 bits per heavy atom. The van der Waals surface area contributed by atoms with E-state index in [1.54, 1.807) is 56.6 Å². The second kappa shape index (κ2) is 7.26. The Hall–Kier alpha value is -3.35. The Labute approximate surface area is 149 Å². The third kappa shape index (κ3) is 3.66. The zero-order valence-electron chi connectivity index (χ0n) is 14.6. The molecule has 0 radical (unpaired) electrons. The van der Waals surface area contributed by atoms with E-state index in [4.69, 9.17) is 4.42 Å². The average molecular weight is 353 g/mol. The van der Waals surface area contributed by atoms with Crippen molar-refractivity contribution in [1.82, 2.24) is 9.47 Å². The standard InChI is InChI=1S/C19H19N3O4/c1-21(2)18(24)13-7-9-14(10-8-13)20-17(23)11-12-22-15-5-3-4-6-16(15)26-19(22)25/h3-10H,11-12H2,1-2H3,(H,20,23). The van der Waals surface area contributed by atoms with Gasteiger partial charge in [-0.1, -0.05) is 12.1 Å². The Balaban J connectivity index is 1.63. The van der Waals surface area contributed by atoms with Crippen LogP contribution >= 0.6 is 0 Å². The highest BCUT2D eigenvalue weighted by molar-refractivity contribution is 5.95. The van der Waals surface area contributed by atoms with Crippen molar-refractivity contribution >= 4 is 28.6 Å². The summed E-state index contributed by atoms with van der Waals surface area (Å²) in [6, 6.07) is 13.8. The largest absolute Gasteiger partial charge is 0.419 e. The lowest BCUT2D eigenvalue weighted by atomic mass is 10.2. The number of benzene rings is 2. The van der Waals surface area contributed by atoms with Gasteiger partial charge >= 0.3 is 5.76 Å². The fourth-order valence-electron chi connectivity index (χ4n) is 2.62. The number of hydrogen-bond acceptors (Lipinski definition) is 4. The molecular formula is C19H19N3O4. The first kappa shape index (κ1) is 17.5. The quantitative estimate of drug-likeness (QED) is 0.763. The van der Waals surface area contributed by atoms with Gasteiger partial charge in [-0.25, -0.2) is 4.79 Å². The first-order valence-electron chi connectivity index (χ1n) is 8.15. The van der Waals surface area contributed by atoms with Crippen molar-refractivity contribution in [3.8, 4) is 0 Å². The van der Waals surface area contributed by atoms with Crippen molar-refractivity contribution in [2.24, 2.45) is 0 Å². The Kier molecular flexibility index (Phi) is 4.88. The van der Waals surface area contributed by atoms with Crippen LogP contribution in [-0.2, 0) is 11.3 Å². The number of rotatable bonds is 5. The molecule has 0 saturated heterocycles. The molecule has 0 bridgehead atoms. The summed E-state index contributed by atoms with van der Waals surface area (Å²) in [5.74, 6) is -0.812. The summed E-state index contributed by atoms with van der Waals surface area (Å²) in [7, 11) is 3.36. The van der Waals surface area contributed by atoms with Crippen molar-refractivity contribution < 1.29 is 14.0 Å². The number of aryl methyl sites for hydroxylation is 1. The van der Waals surface area contributed by atoms with E-state index in [-0.39, 0.29) is 24.8 Å². The SMILES string of the molecule is CN(C)C(=O)c1ccc(NC(=O)CCn2c(=O)oc3ccccc32)cc1. The molecular weight excluding hydrogens is 334 g/mol. The van der Waals surface area contributed by atoms with Gasteiger partial charge in [-0.2, -0.15) is 0 Å². The summed E-state index contributed by atoms with van der Waals surface area (Å²) in [6.45, 7) is 0.221. The smallest absolute Gasteiger partial charge is 0.408 e. The maximum absolute atomic E-state index is 12.1. The third-order valence-electron chi connectivity index (χ3n) is 3.96. The minimum Gasteiger partial charge on any atom is -0.408 e. The van der Waals surface area contributed by atoms with Gasteiger partial charge in [0.15, 0.2) is 5.58 Å². The first-order chi connectivity index (χ1) is 12.5. The molecule has 2 amide bonds. The van der Waals surface area contributed by atoms with Gasteiger partial charge in [0.1, 0.15) is 0 Å². The molecule has 1 aromatic heterocycles. The molecule has 0 atom stereocenters. The Bertz CT molecular complexity index is 1000. The summed E-state index contributed by atoms with van der Waals surface area (Å²) < 4.78 is 6.58. The Morgan fingerprint density at radius 2 is 1.77 bits per heavy atom. The van der Waals surface area contributed by atoms with Gasteiger partial charge < -0.3 is 14.6 Å². The van der Waals surface area contributed by atoms with Crippen LogP contribution in [0.2, 0.25) is 0 Å². The molecule has 0 aliphatic rings. The number of nitrogens with zero attached hydrogens (tertiary/aromatic N) is 2. The van der Waals surface area contributed by atoms with E-state index >= 15 is 0 Å². The zero-order valence-corrected chi connectivity index (χ0v) is 14.6. The van der Waals surface area contributed by atoms with E-state index in [9.17, 15) is 14.4 Å². The van der Waals surface area contributed by atoms with Crippen LogP contribution in [0.15, 0.2) is 57.7 Å². The molecule has 26 heavy (non-hydrogen) atoms. The topological polar surface area (TPSA) is 84.5 Å². The molecule has 0 fully saturated rings. The molecule has 0 aliphatic carbocycles. The molecule has 7 nitrogen and oxygen atoms in total. The van der Waals surface area contributed by atoms with Crippen LogP contribution in [0.5, 0.6) is 0 Å². The fourth-order valence-corrected chi connectivity index (χ4v) is 2.62. The predicted molar refractivity (Wildman–Crippen MR) is 98.2 cm³/mol. The molecule has 134 valence electrons. The highest BCUT2D eigenvalue weighted by Crippen LogP contribution is 2.13. The maximum Gasteiger partial charge on any atom is 0.419 e. The van der Waals surface area contributed by atoms with Crippen LogP contribution in [0.1, 0.15) is 16.8 Å². The Morgan fingerprint density at radius 1 is 1.08 bits per heavy atom. The van der Waals surface area contributed by atoms with Gasteiger partial charge in [0, 0.05) is 38.3 Å². The summed E-state index contributed by atoms with van der Waals surface area (Å²) >= 11 is 0. The normalized spacial score (nSPS) is 10.7. The predicted octanol–water partition coefficient (Wildman–Crippen LogP) is 2.33. The van der Waals surface area contributed by atoms with E-state index in [1.807, 2.05) is 6.07 Å². The molecule has 0 aliphatic heterocycles. The molecule has 1 heterocycles. The highest BCUT2D eigenvalue weighted by Gasteiger charge is 2.11. The summed E-state index contributed by atoms with van der Waals surface area (Å²) in [5, 5.41) is 2.76. The number of nitrogens with one attached hydrogen (secondary N) is 1. The van der Waals surface area contributed by atoms with Crippen LogP contribution in [0, 0.1) is 0 Å². The lowest BCUT2D eigenvalue weighted by Crippen LogP contribution is -2.22. The highest BCUT2D eigenvalue weighted by atomic mass is 16.4. The van der Waals surface area contributed by atoms with Crippen molar-refractivity contribution in [3.05, 3.63) is 64.6 Å². The van der Waals surface area contributed by atoms with Crippen LogP contribution in [-0.4, -0.2) is 35.4 Å². The number of amides is 2. The number of oxazole rings is 1. The number of aromatic nitrogens is 1. The molecule has 0 spiro atoms. The van der Waals surface area contributed by atoms with Gasteiger partial charge in [-0.05, 0) is 36.4 Å². The van der Waals surface area contributed by atoms with Crippen LogP contribution in [0.25, 0.3) is 11.1 Å². The average Bonchev–Trinajstić information content (AvgIpc) is 2.95. The van der Waals surface area contributed by atoms with Gasteiger partial charge in [0.2, 0.25) is 5.91 Å². The van der Waals surface area contributed by atoms with E-state index in [0.717, 1.165) is 0 Å². The monoisotopic (exact) mass is 353 g/mol. The van der Waals surface area contributed by atoms with Gasteiger partial charge in [0.05, 0.1) is 5.52 Å². The van der Waals surface area contributed by atoms with Crippen LogP contribution in [0.4, 0.5) is 5.69 Å². The van der Waals surface area contributed by atoms with Crippen molar-refractivity contribution in [1.29, 1.82) is 0 Å². The minimum atomic E-state index is -0.481. The molecule has 1 N–H and O–H groups in total. The van der Waals surface area contributed by atoms with E-state index in [0.29, 0.717) is 22.4 Å². The molecule has 0 saturated carbocycles. The lowest BCUT2D eigenvalue weighted by molar-refractivity contribution is -0.116. The minimum absolute atomic E-state index is 0.103. The van der Waals surface area contributed by atoms with Crippen molar-refractivity contribution in [3.63, 3.8) is 0 Å². The van der Waals surface area contributed by atoms with E-state index < -0.39 is 5.76 Å². The van der Waals surface area contributed by atoms with Gasteiger partial charge in [-0.3, -0.25) is 14.2 Å². The molecule has 2 aromatic carbocycles. The number of carbonyl (C=O) groups is 2. The number of anilines is 1. The maximum atomic E-state index is 12.1. The number of hydrogen-bond donors (Lipinski definition) is 1. The summed E-state index contributed by atoms with van der Waals surface area (Å²) in [6.07, 6.45) is 0.127. The fraction of sp³-hybridized carbons (Fsp3) is 0.211. The zero-order chi connectivity index (χ0) is 18.7. The number of fused-ring (bicyclic) bond motifs is 1. The van der Waals surface area contributed by atoms with Crippen molar-refractivity contribution in [2.75, 3.05) is 19.4 Å². The van der Waals surface area contributed by atoms with E-state index in [2.05, 4.69) is 5.32 Å². The number of para-hydroxylation sites is 2. The lowest BCUT2D eigenvalue weighted by Gasteiger charge is -2.11. The molecule has 3 rings (SSSR count). The van der Waals surface area contributed by atoms with E-state index in [1.165, 1.54) is 9.47 Å².